The van der Waals surface area contributed by atoms with E-state index in [0.717, 1.165) is 11.1 Å². The number of hydrogen-bond donors (Lipinski definition) is 0. The van der Waals surface area contributed by atoms with Gasteiger partial charge >= 0.3 is 0 Å². The minimum absolute atomic E-state index is 0. The lowest BCUT2D eigenvalue weighted by Crippen LogP contribution is -1.77. The second kappa shape index (κ2) is 12.8. The van der Waals surface area contributed by atoms with Crippen LogP contribution in [0.5, 0.6) is 0 Å². The zero-order valence-electron chi connectivity index (χ0n) is 13.3. The van der Waals surface area contributed by atoms with E-state index in [9.17, 15) is 0 Å². The first-order valence-corrected chi connectivity index (χ1v) is 8.15. The predicted molar refractivity (Wildman–Crippen MR) is 112 cm³/mol. The Morgan fingerprint density at radius 2 is 1.56 bits per heavy atom. The van der Waals surface area contributed by atoms with Gasteiger partial charge in [0.2, 0.25) is 0 Å². The van der Waals surface area contributed by atoms with E-state index in [1.165, 1.54) is 9.75 Å². The second-order valence-electron chi connectivity index (χ2n) is 4.62. The minimum Gasteiger partial charge on any atom is -0.264 e. The van der Waals surface area contributed by atoms with Crippen LogP contribution in [0.3, 0.4) is 0 Å². The topological polar surface area (TPSA) is 38.7 Å². The first-order valence-electron chi connectivity index (χ1n) is 7.34. The van der Waals surface area contributed by atoms with Crippen LogP contribution in [0.4, 0.5) is 0 Å². The standard InChI is InChI=1S/C11H10N2S.C8H9N.2CH4/c1-2-3-10-4-5-11(14-10)9-6-12-8-13-7-9;1-2-4-8-5-3-6-9-7-8;;/h2-8H,1H3;2-7H,1H3;2*1H4. The zero-order chi connectivity index (χ0) is 16.3. The van der Waals surface area contributed by atoms with Gasteiger partial charge in [0.1, 0.15) is 6.33 Å². The Hall–Kier alpha value is -2.59. The number of pyridine rings is 1. The largest absolute Gasteiger partial charge is 0.264 e. The Balaban J connectivity index is 0.000000462. The zero-order valence-corrected chi connectivity index (χ0v) is 14.1. The van der Waals surface area contributed by atoms with Gasteiger partial charge in [0, 0.05) is 40.1 Å². The second-order valence-corrected chi connectivity index (χ2v) is 5.73. The van der Waals surface area contributed by atoms with Crippen LogP contribution >= 0.6 is 11.3 Å². The maximum atomic E-state index is 3.99. The Bertz CT molecular complexity index is 747. The van der Waals surface area contributed by atoms with Crippen LogP contribution in [-0.4, -0.2) is 15.0 Å². The summed E-state index contributed by atoms with van der Waals surface area (Å²) in [6, 6.07) is 8.15. The van der Waals surface area contributed by atoms with Gasteiger partial charge in [-0.1, -0.05) is 39.1 Å². The van der Waals surface area contributed by atoms with Gasteiger partial charge < -0.3 is 0 Å². The summed E-state index contributed by atoms with van der Waals surface area (Å²) in [7, 11) is 0. The summed E-state index contributed by atoms with van der Waals surface area (Å²) >= 11 is 1.74. The van der Waals surface area contributed by atoms with Crippen LogP contribution in [0.2, 0.25) is 0 Å². The summed E-state index contributed by atoms with van der Waals surface area (Å²) in [4.78, 5) is 14.4. The highest BCUT2D eigenvalue weighted by Crippen LogP contribution is 2.27. The fourth-order valence-corrected chi connectivity index (χ4v) is 2.81. The van der Waals surface area contributed by atoms with E-state index in [1.807, 2.05) is 62.8 Å². The van der Waals surface area contributed by atoms with E-state index in [4.69, 9.17) is 0 Å². The Morgan fingerprint density at radius 1 is 0.840 bits per heavy atom. The molecule has 4 heteroatoms. The number of thiophene rings is 1. The molecule has 3 aromatic heterocycles. The highest BCUT2D eigenvalue weighted by molar-refractivity contribution is 7.16. The van der Waals surface area contributed by atoms with Crippen molar-refractivity contribution in [3.8, 4) is 10.4 Å². The normalized spacial score (nSPS) is 9.84. The van der Waals surface area contributed by atoms with Gasteiger partial charge in [-0.25, -0.2) is 9.97 Å². The fourth-order valence-electron chi connectivity index (χ4n) is 1.86. The first-order chi connectivity index (χ1) is 11.3. The molecular weight excluding hydrogens is 326 g/mol. The molecule has 0 fully saturated rings. The summed E-state index contributed by atoms with van der Waals surface area (Å²) in [6.45, 7) is 4.01. The van der Waals surface area contributed by atoms with Crippen molar-refractivity contribution in [3.05, 3.63) is 78.0 Å². The van der Waals surface area contributed by atoms with Crippen molar-refractivity contribution in [2.75, 3.05) is 0 Å². The molecule has 25 heavy (non-hydrogen) atoms. The molecular formula is C21H27N3S. The molecule has 0 spiro atoms. The minimum atomic E-state index is 0. The number of hydrogen-bond acceptors (Lipinski definition) is 4. The van der Waals surface area contributed by atoms with E-state index < -0.39 is 0 Å². The van der Waals surface area contributed by atoms with E-state index in [2.05, 4.69) is 33.2 Å². The van der Waals surface area contributed by atoms with Gasteiger partial charge in [-0.3, -0.25) is 4.98 Å². The van der Waals surface area contributed by atoms with Crippen LogP contribution in [0, 0.1) is 0 Å². The van der Waals surface area contributed by atoms with Crippen LogP contribution in [-0.2, 0) is 0 Å². The van der Waals surface area contributed by atoms with Crippen molar-refractivity contribution < 1.29 is 0 Å². The lowest BCUT2D eigenvalue weighted by Gasteiger charge is -1.92. The monoisotopic (exact) mass is 353 g/mol. The average Bonchev–Trinajstić information content (AvgIpc) is 3.07. The highest BCUT2D eigenvalue weighted by Gasteiger charge is 2.00. The Kier molecular flexibility index (Phi) is 11.5. The van der Waals surface area contributed by atoms with Crippen molar-refractivity contribution in [3.63, 3.8) is 0 Å². The third kappa shape index (κ3) is 7.68. The molecule has 132 valence electrons. The van der Waals surface area contributed by atoms with Gasteiger partial charge in [0.05, 0.1) is 0 Å². The molecule has 0 aliphatic rings. The molecule has 0 unspecified atom stereocenters. The molecule has 0 aliphatic carbocycles. The first kappa shape index (κ1) is 22.4. The number of nitrogens with zero attached hydrogens (tertiary/aromatic N) is 3. The van der Waals surface area contributed by atoms with Crippen LogP contribution in [0.15, 0.2) is 67.5 Å². The van der Waals surface area contributed by atoms with E-state index in [-0.39, 0.29) is 14.9 Å². The van der Waals surface area contributed by atoms with Crippen molar-refractivity contribution >= 4 is 23.5 Å². The molecule has 3 heterocycles. The van der Waals surface area contributed by atoms with Crippen molar-refractivity contribution in [1.82, 2.24) is 15.0 Å². The molecule has 3 rings (SSSR count). The molecule has 3 aromatic rings. The third-order valence-corrected chi connectivity index (χ3v) is 3.95. The molecule has 0 amide bonds. The smallest absolute Gasteiger partial charge is 0.115 e. The quantitative estimate of drug-likeness (QED) is 0.530. The van der Waals surface area contributed by atoms with Gasteiger partial charge in [-0.2, -0.15) is 0 Å². The molecule has 0 atom stereocenters. The van der Waals surface area contributed by atoms with Crippen molar-refractivity contribution in [2.45, 2.75) is 28.7 Å². The fraction of sp³-hybridized carbons (Fsp3) is 0.190. The van der Waals surface area contributed by atoms with E-state index in [1.54, 1.807) is 23.9 Å². The average molecular weight is 354 g/mol. The lowest BCUT2D eigenvalue weighted by molar-refractivity contribution is 1.17. The number of aromatic nitrogens is 3. The highest BCUT2D eigenvalue weighted by atomic mass is 32.1. The molecule has 0 radical (unpaired) electrons. The summed E-state index contributed by atoms with van der Waals surface area (Å²) in [5.74, 6) is 0. The van der Waals surface area contributed by atoms with Gasteiger partial charge in [0.15, 0.2) is 0 Å². The number of rotatable bonds is 3. The maximum absolute atomic E-state index is 3.99. The molecule has 0 N–H and O–H groups in total. The molecule has 0 saturated carbocycles. The van der Waals surface area contributed by atoms with Crippen molar-refractivity contribution in [1.29, 1.82) is 0 Å². The summed E-state index contributed by atoms with van der Waals surface area (Å²) in [6.07, 6.45) is 17.0. The van der Waals surface area contributed by atoms with Crippen molar-refractivity contribution in [2.24, 2.45) is 0 Å². The molecule has 0 aliphatic heterocycles. The molecule has 0 aromatic carbocycles. The lowest BCUT2D eigenvalue weighted by atomic mass is 10.3. The van der Waals surface area contributed by atoms with E-state index >= 15 is 0 Å². The summed E-state index contributed by atoms with van der Waals surface area (Å²) in [5.41, 5.74) is 2.23. The van der Waals surface area contributed by atoms with Crippen LogP contribution in [0.25, 0.3) is 22.6 Å². The molecule has 3 nitrogen and oxygen atoms in total. The van der Waals surface area contributed by atoms with Crippen LogP contribution in [0.1, 0.15) is 39.1 Å². The summed E-state index contributed by atoms with van der Waals surface area (Å²) < 4.78 is 0. The molecule has 0 saturated heterocycles. The number of allylic oxidation sites excluding steroid dienone is 2. The van der Waals surface area contributed by atoms with Gasteiger partial charge in [-0.15, -0.1) is 11.3 Å². The SMILES string of the molecule is C.C.CC=Cc1ccc(-c2cncnc2)s1.CC=Cc1cccnc1. The predicted octanol–water partition coefficient (Wildman–Crippen LogP) is 6.63. The van der Waals surface area contributed by atoms with Gasteiger partial charge in [-0.05, 0) is 43.7 Å². The van der Waals surface area contributed by atoms with Gasteiger partial charge in [0.25, 0.3) is 0 Å². The maximum Gasteiger partial charge on any atom is 0.115 e. The Labute approximate surface area is 155 Å². The molecule has 0 bridgehead atoms. The summed E-state index contributed by atoms with van der Waals surface area (Å²) in [5, 5.41) is 0. The third-order valence-electron chi connectivity index (χ3n) is 2.85. The Morgan fingerprint density at radius 3 is 2.16 bits per heavy atom. The van der Waals surface area contributed by atoms with Crippen LogP contribution < -0.4 is 0 Å². The van der Waals surface area contributed by atoms with E-state index in [0.29, 0.717) is 0 Å².